The van der Waals surface area contributed by atoms with Gasteiger partial charge in [-0.05, 0) is 23.6 Å². The predicted octanol–water partition coefficient (Wildman–Crippen LogP) is 2.25. The molecule has 0 aliphatic heterocycles. The van der Waals surface area contributed by atoms with Gasteiger partial charge >= 0.3 is 5.97 Å². The molecule has 0 amide bonds. The Morgan fingerprint density at radius 1 is 1.64 bits per heavy atom. The third-order valence-electron chi connectivity index (χ3n) is 2.10. The summed E-state index contributed by atoms with van der Waals surface area (Å²) in [6.45, 7) is 1.88. The standard InChI is InChI=1S/C12H12O2/c1-3-10-5-4-6-11(8-10)9(2)7-12(13)14/h1,4-6,8-9H,7H2,2H3,(H,13,14). The highest BCUT2D eigenvalue weighted by molar-refractivity contribution is 5.68. The molecule has 1 unspecified atom stereocenters. The summed E-state index contributed by atoms with van der Waals surface area (Å²) in [5.74, 6) is 1.74. The van der Waals surface area contributed by atoms with Crippen LogP contribution < -0.4 is 0 Å². The van der Waals surface area contributed by atoms with Crippen molar-refractivity contribution < 1.29 is 9.90 Å². The van der Waals surface area contributed by atoms with E-state index >= 15 is 0 Å². The summed E-state index contributed by atoms with van der Waals surface area (Å²) in [4.78, 5) is 10.5. The minimum Gasteiger partial charge on any atom is -0.481 e. The molecule has 72 valence electrons. The average Bonchev–Trinajstić information content (AvgIpc) is 2.17. The molecule has 1 aromatic rings. The van der Waals surface area contributed by atoms with Gasteiger partial charge in [-0.1, -0.05) is 25.0 Å². The topological polar surface area (TPSA) is 37.3 Å². The molecule has 0 saturated carbocycles. The van der Waals surface area contributed by atoms with Crippen LogP contribution in [0.3, 0.4) is 0 Å². The Balaban J connectivity index is 2.85. The fourth-order valence-electron chi connectivity index (χ4n) is 1.31. The monoisotopic (exact) mass is 188 g/mol. The number of terminal acetylenes is 1. The van der Waals surface area contributed by atoms with E-state index in [2.05, 4.69) is 5.92 Å². The third-order valence-corrected chi connectivity index (χ3v) is 2.10. The SMILES string of the molecule is C#Cc1cccc(C(C)CC(=O)O)c1. The number of benzene rings is 1. The van der Waals surface area contributed by atoms with Gasteiger partial charge in [0.05, 0.1) is 6.42 Å². The number of carbonyl (C=O) groups is 1. The van der Waals surface area contributed by atoms with Gasteiger partial charge in [0.1, 0.15) is 0 Å². The van der Waals surface area contributed by atoms with E-state index in [-0.39, 0.29) is 12.3 Å². The highest BCUT2D eigenvalue weighted by atomic mass is 16.4. The van der Waals surface area contributed by atoms with Crippen LogP contribution in [-0.2, 0) is 4.79 Å². The lowest BCUT2D eigenvalue weighted by Gasteiger charge is -2.08. The van der Waals surface area contributed by atoms with Crippen molar-refractivity contribution >= 4 is 5.97 Å². The molecule has 2 nitrogen and oxygen atoms in total. The van der Waals surface area contributed by atoms with E-state index in [4.69, 9.17) is 11.5 Å². The number of carboxylic acids is 1. The normalized spacial score (nSPS) is 11.7. The van der Waals surface area contributed by atoms with E-state index in [9.17, 15) is 4.79 Å². The zero-order chi connectivity index (χ0) is 10.6. The second kappa shape index (κ2) is 4.48. The Morgan fingerprint density at radius 2 is 2.36 bits per heavy atom. The third kappa shape index (κ3) is 2.63. The number of hydrogen-bond acceptors (Lipinski definition) is 1. The number of rotatable bonds is 3. The largest absolute Gasteiger partial charge is 0.481 e. The summed E-state index contributed by atoms with van der Waals surface area (Å²) in [5.41, 5.74) is 1.77. The van der Waals surface area contributed by atoms with E-state index in [1.54, 1.807) is 0 Å². The zero-order valence-electron chi connectivity index (χ0n) is 8.03. The molecule has 1 N–H and O–H groups in total. The van der Waals surface area contributed by atoms with Gasteiger partial charge in [0.25, 0.3) is 0 Å². The summed E-state index contributed by atoms with van der Waals surface area (Å²) in [5, 5.41) is 8.63. The van der Waals surface area contributed by atoms with Gasteiger partial charge in [0.2, 0.25) is 0 Å². The van der Waals surface area contributed by atoms with Crippen LogP contribution in [-0.4, -0.2) is 11.1 Å². The van der Waals surface area contributed by atoms with Crippen LogP contribution in [0.5, 0.6) is 0 Å². The van der Waals surface area contributed by atoms with E-state index < -0.39 is 5.97 Å². The lowest BCUT2D eigenvalue weighted by Crippen LogP contribution is -2.02. The van der Waals surface area contributed by atoms with E-state index in [0.29, 0.717) is 0 Å². The van der Waals surface area contributed by atoms with Crippen LogP contribution in [0, 0.1) is 12.3 Å². The molecule has 2 heteroatoms. The van der Waals surface area contributed by atoms with Crippen molar-refractivity contribution in [2.24, 2.45) is 0 Å². The van der Waals surface area contributed by atoms with E-state index in [1.165, 1.54) is 0 Å². The molecule has 0 radical (unpaired) electrons. The highest BCUT2D eigenvalue weighted by Crippen LogP contribution is 2.19. The van der Waals surface area contributed by atoms with Crippen molar-refractivity contribution in [3.8, 4) is 12.3 Å². The fourth-order valence-corrected chi connectivity index (χ4v) is 1.31. The zero-order valence-corrected chi connectivity index (χ0v) is 8.03. The van der Waals surface area contributed by atoms with Crippen LogP contribution in [0.2, 0.25) is 0 Å². The Bertz CT molecular complexity index is 374. The van der Waals surface area contributed by atoms with Crippen LogP contribution in [0.1, 0.15) is 30.4 Å². The highest BCUT2D eigenvalue weighted by Gasteiger charge is 2.09. The van der Waals surface area contributed by atoms with Crippen LogP contribution in [0.4, 0.5) is 0 Å². The van der Waals surface area contributed by atoms with Gasteiger partial charge in [0, 0.05) is 5.56 Å². The van der Waals surface area contributed by atoms with Crippen molar-refractivity contribution in [2.45, 2.75) is 19.3 Å². The molecular weight excluding hydrogens is 176 g/mol. The van der Waals surface area contributed by atoms with Gasteiger partial charge < -0.3 is 5.11 Å². The molecule has 0 bridgehead atoms. The number of aliphatic carboxylic acids is 1. The first-order valence-electron chi connectivity index (χ1n) is 4.42. The quantitative estimate of drug-likeness (QED) is 0.738. The predicted molar refractivity (Wildman–Crippen MR) is 55.0 cm³/mol. The molecule has 0 heterocycles. The second-order valence-electron chi connectivity index (χ2n) is 3.27. The van der Waals surface area contributed by atoms with Gasteiger partial charge in [-0.3, -0.25) is 4.79 Å². The Morgan fingerprint density at radius 3 is 2.93 bits per heavy atom. The number of carboxylic acid groups (broad SMARTS) is 1. The summed E-state index contributed by atoms with van der Waals surface area (Å²) < 4.78 is 0. The molecule has 1 aromatic carbocycles. The maximum Gasteiger partial charge on any atom is 0.303 e. The summed E-state index contributed by atoms with van der Waals surface area (Å²) >= 11 is 0. The smallest absolute Gasteiger partial charge is 0.303 e. The van der Waals surface area contributed by atoms with E-state index in [0.717, 1.165) is 11.1 Å². The molecule has 0 spiro atoms. The van der Waals surface area contributed by atoms with Gasteiger partial charge in [-0.15, -0.1) is 6.42 Å². The minimum atomic E-state index is -0.788. The molecule has 0 saturated heterocycles. The van der Waals surface area contributed by atoms with Gasteiger partial charge in [0.15, 0.2) is 0 Å². The first kappa shape index (κ1) is 10.3. The maximum atomic E-state index is 10.5. The molecule has 0 aromatic heterocycles. The summed E-state index contributed by atoms with van der Waals surface area (Å²) in [7, 11) is 0. The molecule has 1 atom stereocenters. The van der Waals surface area contributed by atoms with Crippen molar-refractivity contribution in [1.29, 1.82) is 0 Å². The first-order valence-corrected chi connectivity index (χ1v) is 4.42. The van der Waals surface area contributed by atoms with Crippen LogP contribution in [0.15, 0.2) is 24.3 Å². The van der Waals surface area contributed by atoms with E-state index in [1.807, 2.05) is 31.2 Å². The minimum absolute atomic E-state index is 0.000741. The Hall–Kier alpha value is -1.75. The lowest BCUT2D eigenvalue weighted by atomic mass is 9.96. The Labute approximate surface area is 83.6 Å². The van der Waals surface area contributed by atoms with Crippen LogP contribution >= 0.6 is 0 Å². The van der Waals surface area contributed by atoms with Crippen molar-refractivity contribution in [3.63, 3.8) is 0 Å². The van der Waals surface area contributed by atoms with Crippen molar-refractivity contribution in [1.82, 2.24) is 0 Å². The maximum absolute atomic E-state index is 10.5. The Kier molecular flexibility index (Phi) is 3.30. The molecule has 0 fully saturated rings. The molecule has 1 rings (SSSR count). The summed E-state index contributed by atoms with van der Waals surface area (Å²) in [6.07, 6.45) is 5.39. The van der Waals surface area contributed by atoms with Gasteiger partial charge in [-0.25, -0.2) is 0 Å². The summed E-state index contributed by atoms with van der Waals surface area (Å²) in [6, 6.07) is 7.43. The van der Waals surface area contributed by atoms with Crippen LogP contribution in [0.25, 0.3) is 0 Å². The van der Waals surface area contributed by atoms with Crippen molar-refractivity contribution in [3.05, 3.63) is 35.4 Å². The van der Waals surface area contributed by atoms with Gasteiger partial charge in [-0.2, -0.15) is 0 Å². The molecule has 0 aliphatic carbocycles. The number of hydrogen-bond donors (Lipinski definition) is 1. The average molecular weight is 188 g/mol. The second-order valence-corrected chi connectivity index (χ2v) is 3.27. The molecule has 14 heavy (non-hydrogen) atoms. The molecule has 0 aliphatic rings. The van der Waals surface area contributed by atoms with Crippen molar-refractivity contribution in [2.75, 3.05) is 0 Å². The molecular formula is C12H12O2. The lowest BCUT2D eigenvalue weighted by molar-refractivity contribution is -0.137. The first-order chi connectivity index (χ1) is 6.63. The fraction of sp³-hybridized carbons (Fsp3) is 0.250.